The van der Waals surface area contributed by atoms with E-state index in [4.69, 9.17) is 5.11 Å². The smallest absolute Gasteiger partial charge is 0.325 e. The summed E-state index contributed by atoms with van der Waals surface area (Å²) in [7, 11) is 0. The van der Waals surface area contributed by atoms with Gasteiger partial charge in [0.2, 0.25) is 11.8 Å². The van der Waals surface area contributed by atoms with Gasteiger partial charge in [0.25, 0.3) is 5.56 Å². The van der Waals surface area contributed by atoms with Gasteiger partial charge in [-0.3, -0.25) is 19.4 Å². The zero-order valence-corrected chi connectivity index (χ0v) is 14.6. The highest BCUT2D eigenvalue weighted by molar-refractivity contribution is 5.79. The van der Waals surface area contributed by atoms with E-state index in [-0.39, 0.29) is 35.8 Å². The summed E-state index contributed by atoms with van der Waals surface area (Å²) in [5.41, 5.74) is -1.06. The number of H-pyrrole nitrogens is 2. The third-order valence-corrected chi connectivity index (χ3v) is 5.37. The Morgan fingerprint density at radius 3 is 2.77 bits per heavy atom. The number of amides is 2. The molecule has 9 heteroatoms. The van der Waals surface area contributed by atoms with E-state index in [1.807, 2.05) is 0 Å². The minimum atomic E-state index is -0.598. The molecule has 2 aliphatic heterocycles. The predicted octanol–water partition coefficient (Wildman–Crippen LogP) is -1.17. The molecule has 1 atom stereocenters. The van der Waals surface area contributed by atoms with Gasteiger partial charge < -0.3 is 19.9 Å². The fourth-order valence-electron chi connectivity index (χ4n) is 4.02. The maximum Gasteiger partial charge on any atom is 0.325 e. The number of aromatic amines is 2. The van der Waals surface area contributed by atoms with E-state index in [2.05, 4.69) is 9.97 Å². The van der Waals surface area contributed by atoms with Crippen molar-refractivity contribution >= 4 is 11.8 Å². The van der Waals surface area contributed by atoms with Gasteiger partial charge in [0.1, 0.15) is 0 Å². The molecule has 0 radical (unpaired) electrons. The van der Waals surface area contributed by atoms with E-state index in [0.717, 1.165) is 19.3 Å². The lowest BCUT2D eigenvalue weighted by atomic mass is 9.73. The van der Waals surface area contributed by atoms with Gasteiger partial charge in [-0.05, 0) is 19.3 Å². The monoisotopic (exact) mass is 364 g/mol. The average molecular weight is 364 g/mol. The number of rotatable bonds is 4. The predicted molar refractivity (Wildman–Crippen MR) is 92.5 cm³/mol. The zero-order chi connectivity index (χ0) is 18.7. The highest BCUT2D eigenvalue weighted by Crippen LogP contribution is 2.38. The lowest BCUT2D eigenvalue weighted by molar-refractivity contribution is -0.143. The second-order valence-corrected chi connectivity index (χ2v) is 7.23. The van der Waals surface area contributed by atoms with Crippen molar-refractivity contribution < 1.29 is 14.7 Å². The molecule has 2 aliphatic rings. The van der Waals surface area contributed by atoms with E-state index < -0.39 is 11.2 Å². The number of nitrogens with one attached hydrogen (secondary N) is 2. The molecule has 3 rings (SSSR count). The standard InChI is InChI=1S/C17H24N4O5/c22-7-6-21-11-17(4-2-13(21)23)3-1-5-20(10-17)14(24)8-12-9-18-16(26)19-15(12)25/h9,22H,1-8,10-11H2,(H2,18,19,25,26)/t17-/m1/s1. The van der Waals surface area contributed by atoms with E-state index in [0.29, 0.717) is 32.6 Å². The number of likely N-dealkylation sites (tertiary alicyclic amines) is 2. The Hall–Kier alpha value is -2.42. The number of β-amino-alcohol motifs (C(OH)–C–C–N with tert-alkyl or cyclic N) is 1. The van der Waals surface area contributed by atoms with Crippen molar-refractivity contribution in [2.24, 2.45) is 5.41 Å². The number of nitrogens with zero attached hydrogens (tertiary/aromatic N) is 2. The highest BCUT2D eigenvalue weighted by atomic mass is 16.3. The molecule has 9 nitrogen and oxygen atoms in total. The van der Waals surface area contributed by atoms with E-state index in [9.17, 15) is 19.2 Å². The molecule has 142 valence electrons. The largest absolute Gasteiger partial charge is 0.395 e. The number of carbonyl (C=O) groups is 2. The first-order valence-corrected chi connectivity index (χ1v) is 8.90. The fourth-order valence-corrected chi connectivity index (χ4v) is 4.02. The van der Waals surface area contributed by atoms with Crippen molar-refractivity contribution in [1.82, 2.24) is 19.8 Å². The average Bonchev–Trinajstić information content (AvgIpc) is 2.61. The number of aromatic nitrogens is 2. The zero-order valence-electron chi connectivity index (χ0n) is 14.6. The molecule has 3 N–H and O–H groups in total. The van der Waals surface area contributed by atoms with Crippen LogP contribution in [0.3, 0.4) is 0 Å². The molecular weight excluding hydrogens is 340 g/mol. The number of aliphatic hydroxyl groups excluding tert-OH is 1. The molecule has 2 fully saturated rings. The van der Waals surface area contributed by atoms with Crippen LogP contribution in [0.4, 0.5) is 0 Å². The number of hydrogen-bond acceptors (Lipinski definition) is 5. The summed E-state index contributed by atoms with van der Waals surface area (Å²) in [6.07, 6.45) is 4.15. The third-order valence-electron chi connectivity index (χ3n) is 5.37. The van der Waals surface area contributed by atoms with Crippen LogP contribution >= 0.6 is 0 Å². The van der Waals surface area contributed by atoms with Crippen molar-refractivity contribution in [2.45, 2.75) is 32.1 Å². The van der Waals surface area contributed by atoms with Crippen LogP contribution in [0, 0.1) is 5.41 Å². The molecule has 0 aliphatic carbocycles. The van der Waals surface area contributed by atoms with Crippen LogP contribution in [0.5, 0.6) is 0 Å². The Balaban J connectivity index is 1.69. The van der Waals surface area contributed by atoms with Gasteiger partial charge >= 0.3 is 5.69 Å². The maximum absolute atomic E-state index is 12.7. The summed E-state index contributed by atoms with van der Waals surface area (Å²) in [6, 6.07) is 0. The third kappa shape index (κ3) is 3.87. The van der Waals surface area contributed by atoms with Crippen molar-refractivity contribution in [2.75, 3.05) is 32.8 Å². The SMILES string of the molecule is O=C1CC[C@@]2(CCCN(C(=O)Cc3c[nH]c(=O)[nH]c3=O)C2)CN1CCO. The van der Waals surface area contributed by atoms with Crippen molar-refractivity contribution in [3.63, 3.8) is 0 Å². The van der Waals surface area contributed by atoms with E-state index >= 15 is 0 Å². The Morgan fingerprint density at radius 1 is 1.23 bits per heavy atom. The minimum Gasteiger partial charge on any atom is -0.395 e. The van der Waals surface area contributed by atoms with Gasteiger partial charge in [-0.15, -0.1) is 0 Å². The van der Waals surface area contributed by atoms with Gasteiger partial charge in [-0.2, -0.15) is 0 Å². The van der Waals surface area contributed by atoms with Crippen LogP contribution in [0.15, 0.2) is 15.8 Å². The molecule has 0 saturated carbocycles. The number of carbonyl (C=O) groups excluding carboxylic acids is 2. The van der Waals surface area contributed by atoms with Gasteiger partial charge in [0.05, 0.1) is 13.0 Å². The molecule has 0 aromatic carbocycles. The molecule has 2 amide bonds. The molecule has 1 aromatic rings. The summed E-state index contributed by atoms with van der Waals surface area (Å²) < 4.78 is 0. The first kappa shape index (κ1) is 18.4. The first-order valence-electron chi connectivity index (χ1n) is 8.90. The van der Waals surface area contributed by atoms with E-state index in [1.165, 1.54) is 6.20 Å². The molecule has 2 saturated heterocycles. The number of hydrogen-bond donors (Lipinski definition) is 3. The molecular formula is C17H24N4O5. The Labute approximate surface area is 150 Å². The summed E-state index contributed by atoms with van der Waals surface area (Å²) in [6.45, 7) is 1.97. The van der Waals surface area contributed by atoms with Crippen molar-refractivity contribution in [3.8, 4) is 0 Å². The minimum absolute atomic E-state index is 0.0490. The quantitative estimate of drug-likeness (QED) is 0.620. The molecule has 26 heavy (non-hydrogen) atoms. The second kappa shape index (κ2) is 7.45. The van der Waals surface area contributed by atoms with Gasteiger partial charge in [-0.25, -0.2) is 4.79 Å². The molecule has 1 aromatic heterocycles. The summed E-state index contributed by atoms with van der Waals surface area (Å²) >= 11 is 0. The number of aliphatic hydroxyl groups is 1. The molecule has 0 bridgehead atoms. The fraction of sp³-hybridized carbons (Fsp3) is 0.647. The Bertz CT molecular complexity index is 801. The first-order chi connectivity index (χ1) is 12.4. The maximum atomic E-state index is 12.7. The summed E-state index contributed by atoms with van der Waals surface area (Å²) in [5.74, 6) is -0.111. The summed E-state index contributed by atoms with van der Waals surface area (Å²) in [5, 5.41) is 9.16. The van der Waals surface area contributed by atoms with Crippen LogP contribution in [0.2, 0.25) is 0 Å². The topological polar surface area (TPSA) is 127 Å². The molecule has 1 spiro atoms. The van der Waals surface area contributed by atoms with Crippen molar-refractivity contribution in [3.05, 3.63) is 32.6 Å². The summed E-state index contributed by atoms with van der Waals surface area (Å²) in [4.78, 5) is 55.5. The highest BCUT2D eigenvalue weighted by Gasteiger charge is 2.42. The molecule has 0 unspecified atom stereocenters. The normalized spacial score (nSPS) is 23.5. The van der Waals surface area contributed by atoms with Crippen LogP contribution in [-0.2, 0) is 16.0 Å². The van der Waals surface area contributed by atoms with Crippen LogP contribution < -0.4 is 11.2 Å². The van der Waals surface area contributed by atoms with Crippen molar-refractivity contribution in [1.29, 1.82) is 0 Å². The van der Waals surface area contributed by atoms with E-state index in [1.54, 1.807) is 9.80 Å². The Kier molecular flexibility index (Phi) is 5.26. The van der Waals surface area contributed by atoms with Crippen LogP contribution in [0.1, 0.15) is 31.2 Å². The lowest BCUT2D eigenvalue weighted by Crippen LogP contribution is -2.55. The Morgan fingerprint density at radius 2 is 2.04 bits per heavy atom. The van der Waals surface area contributed by atoms with Gasteiger partial charge in [0.15, 0.2) is 0 Å². The second-order valence-electron chi connectivity index (χ2n) is 7.23. The van der Waals surface area contributed by atoms with Crippen LogP contribution in [-0.4, -0.2) is 69.5 Å². The van der Waals surface area contributed by atoms with Crippen LogP contribution in [0.25, 0.3) is 0 Å². The number of piperidine rings is 2. The van der Waals surface area contributed by atoms with Gasteiger partial charge in [0, 0.05) is 49.8 Å². The lowest BCUT2D eigenvalue weighted by Gasteiger charge is -2.48. The molecule has 3 heterocycles. The van der Waals surface area contributed by atoms with Gasteiger partial charge in [-0.1, -0.05) is 0 Å².